The zero-order valence-corrected chi connectivity index (χ0v) is 12.9. The fourth-order valence-electron chi connectivity index (χ4n) is 2.33. The Morgan fingerprint density at radius 2 is 1.80 bits per heavy atom. The molecular formula is C17H27NO2. The molecule has 2 rings (SSSR count). The van der Waals surface area contributed by atoms with Gasteiger partial charge in [0.25, 0.3) is 0 Å². The van der Waals surface area contributed by atoms with E-state index in [0.717, 1.165) is 31.1 Å². The Balaban J connectivity index is 1.78. The molecule has 0 aromatic heterocycles. The molecule has 0 aliphatic heterocycles. The lowest BCUT2D eigenvalue weighted by Gasteiger charge is -2.19. The Morgan fingerprint density at radius 1 is 1.15 bits per heavy atom. The quantitative estimate of drug-likeness (QED) is 0.747. The highest BCUT2D eigenvalue weighted by Gasteiger charge is 2.41. The molecule has 0 spiro atoms. The van der Waals surface area contributed by atoms with E-state index in [4.69, 9.17) is 9.47 Å². The molecule has 1 aliphatic carbocycles. The van der Waals surface area contributed by atoms with Crippen LogP contribution in [0, 0.1) is 5.41 Å². The van der Waals surface area contributed by atoms with Crippen LogP contribution in [-0.2, 0) is 0 Å². The molecule has 1 fully saturated rings. The molecule has 0 radical (unpaired) electrons. The Hall–Kier alpha value is -1.22. The van der Waals surface area contributed by atoms with E-state index in [-0.39, 0.29) is 0 Å². The van der Waals surface area contributed by atoms with Crippen LogP contribution in [0.5, 0.6) is 11.5 Å². The van der Waals surface area contributed by atoms with Crippen LogP contribution in [-0.4, -0.2) is 25.8 Å². The first-order chi connectivity index (χ1) is 9.65. The van der Waals surface area contributed by atoms with Crippen molar-refractivity contribution in [3.63, 3.8) is 0 Å². The van der Waals surface area contributed by atoms with E-state index < -0.39 is 0 Å². The maximum Gasteiger partial charge on any atom is 0.161 e. The standard InChI is InChI=1S/C17H27NO2/c1-4-19-15-7-5-6-8-16(15)20-12-11-17(9-10-17)13-18-14(2)3/h5-8,14,18H,4,9-13H2,1-3H3. The minimum atomic E-state index is 0.477. The van der Waals surface area contributed by atoms with Gasteiger partial charge in [-0.15, -0.1) is 0 Å². The average molecular weight is 277 g/mol. The minimum Gasteiger partial charge on any atom is -0.490 e. The van der Waals surface area contributed by atoms with Crippen molar-refractivity contribution < 1.29 is 9.47 Å². The van der Waals surface area contributed by atoms with Gasteiger partial charge in [-0.05, 0) is 43.7 Å². The van der Waals surface area contributed by atoms with Gasteiger partial charge in [0.05, 0.1) is 13.2 Å². The predicted molar refractivity (Wildman–Crippen MR) is 82.5 cm³/mol. The molecular weight excluding hydrogens is 250 g/mol. The molecule has 1 N–H and O–H groups in total. The van der Waals surface area contributed by atoms with E-state index in [9.17, 15) is 0 Å². The second kappa shape index (κ2) is 6.98. The van der Waals surface area contributed by atoms with Crippen LogP contribution >= 0.6 is 0 Å². The van der Waals surface area contributed by atoms with Gasteiger partial charge in [0.15, 0.2) is 11.5 Å². The van der Waals surface area contributed by atoms with Crippen molar-refractivity contribution in [2.45, 2.75) is 46.1 Å². The minimum absolute atomic E-state index is 0.477. The molecule has 1 aromatic rings. The lowest BCUT2D eigenvalue weighted by atomic mass is 10.0. The van der Waals surface area contributed by atoms with Gasteiger partial charge in [-0.25, -0.2) is 0 Å². The molecule has 20 heavy (non-hydrogen) atoms. The van der Waals surface area contributed by atoms with Gasteiger partial charge in [-0.2, -0.15) is 0 Å². The molecule has 0 heterocycles. The topological polar surface area (TPSA) is 30.5 Å². The van der Waals surface area contributed by atoms with Crippen molar-refractivity contribution in [3.05, 3.63) is 24.3 Å². The largest absolute Gasteiger partial charge is 0.490 e. The molecule has 0 unspecified atom stereocenters. The molecule has 0 saturated heterocycles. The van der Waals surface area contributed by atoms with Gasteiger partial charge in [-0.3, -0.25) is 0 Å². The van der Waals surface area contributed by atoms with Crippen molar-refractivity contribution in [2.24, 2.45) is 5.41 Å². The highest BCUT2D eigenvalue weighted by molar-refractivity contribution is 5.39. The first-order valence-electron chi connectivity index (χ1n) is 7.73. The Morgan fingerprint density at radius 3 is 2.35 bits per heavy atom. The zero-order valence-electron chi connectivity index (χ0n) is 12.9. The summed E-state index contributed by atoms with van der Waals surface area (Å²) in [6.07, 6.45) is 3.76. The Labute approximate surface area is 122 Å². The van der Waals surface area contributed by atoms with E-state index in [1.54, 1.807) is 0 Å². The van der Waals surface area contributed by atoms with Crippen molar-refractivity contribution in [3.8, 4) is 11.5 Å². The third-order valence-electron chi connectivity index (χ3n) is 3.88. The van der Waals surface area contributed by atoms with Crippen molar-refractivity contribution >= 4 is 0 Å². The predicted octanol–water partition coefficient (Wildman–Crippen LogP) is 3.63. The van der Waals surface area contributed by atoms with Gasteiger partial charge in [-0.1, -0.05) is 26.0 Å². The van der Waals surface area contributed by atoms with E-state index in [2.05, 4.69) is 19.2 Å². The second-order valence-corrected chi connectivity index (χ2v) is 6.01. The number of hydrogen-bond donors (Lipinski definition) is 1. The molecule has 0 bridgehead atoms. The summed E-state index contributed by atoms with van der Waals surface area (Å²) in [4.78, 5) is 0. The summed E-state index contributed by atoms with van der Waals surface area (Å²) in [7, 11) is 0. The maximum atomic E-state index is 5.92. The molecule has 1 aromatic carbocycles. The summed E-state index contributed by atoms with van der Waals surface area (Å²) in [5.74, 6) is 1.71. The van der Waals surface area contributed by atoms with Gasteiger partial charge in [0.2, 0.25) is 0 Å². The first-order valence-corrected chi connectivity index (χ1v) is 7.73. The highest BCUT2D eigenvalue weighted by Crippen LogP contribution is 2.48. The van der Waals surface area contributed by atoms with Crippen LogP contribution in [0.15, 0.2) is 24.3 Å². The summed E-state index contributed by atoms with van der Waals surface area (Å²) in [5, 5.41) is 3.55. The van der Waals surface area contributed by atoms with Crippen LogP contribution in [0.1, 0.15) is 40.0 Å². The number of benzene rings is 1. The van der Waals surface area contributed by atoms with E-state index >= 15 is 0 Å². The number of nitrogens with one attached hydrogen (secondary N) is 1. The lowest BCUT2D eigenvalue weighted by molar-refractivity contribution is 0.244. The summed E-state index contributed by atoms with van der Waals surface area (Å²) in [6.45, 7) is 8.94. The molecule has 1 saturated carbocycles. The summed E-state index contributed by atoms with van der Waals surface area (Å²) < 4.78 is 11.5. The number of rotatable bonds is 9. The smallest absolute Gasteiger partial charge is 0.161 e. The molecule has 3 nitrogen and oxygen atoms in total. The first kappa shape index (κ1) is 15.2. The fraction of sp³-hybridized carbons (Fsp3) is 0.647. The average Bonchev–Trinajstić information content (AvgIpc) is 3.19. The Kier molecular flexibility index (Phi) is 5.30. The third-order valence-corrected chi connectivity index (χ3v) is 3.88. The molecule has 0 amide bonds. The normalized spacial score (nSPS) is 16.2. The van der Waals surface area contributed by atoms with Gasteiger partial charge < -0.3 is 14.8 Å². The fourth-order valence-corrected chi connectivity index (χ4v) is 2.33. The van der Waals surface area contributed by atoms with Crippen LogP contribution in [0.4, 0.5) is 0 Å². The van der Waals surface area contributed by atoms with Gasteiger partial charge in [0, 0.05) is 12.6 Å². The SMILES string of the molecule is CCOc1ccccc1OCCC1(CNC(C)C)CC1. The van der Waals surface area contributed by atoms with Crippen LogP contribution in [0.3, 0.4) is 0 Å². The van der Waals surface area contributed by atoms with Crippen molar-refractivity contribution in [2.75, 3.05) is 19.8 Å². The van der Waals surface area contributed by atoms with E-state index in [1.165, 1.54) is 12.8 Å². The van der Waals surface area contributed by atoms with E-state index in [0.29, 0.717) is 18.1 Å². The second-order valence-electron chi connectivity index (χ2n) is 6.01. The van der Waals surface area contributed by atoms with Crippen LogP contribution in [0.25, 0.3) is 0 Å². The van der Waals surface area contributed by atoms with Crippen molar-refractivity contribution in [1.82, 2.24) is 5.32 Å². The Bertz CT molecular complexity index is 413. The molecule has 112 valence electrons. The zero-order chi connectivity index (χ0) is 14.4. The number of hydrogen-bond acceptors (Lipinski definition) is 3. The molecule has 3 heteroatoms. The lowest BCUT2D eigenvalue weighted by Crippen LogP contribution is -2.30. The highest BCUT2D eigenvalue weighted by atomic mass is 16.5. The monoisotopic (exact) mass is 277 g/mol. The van der Waals surface area contributed by atoms with Crippen molar-refractivity contribution in [1.29, 1.82) is 0 Å². The van der Waals surface area contributed by atoms with E-state index in [1.807, 2.05) is 31.2 Å². The third kappa shape index (κ3) is 4.41. The summed E-state index contributed by atoms with van der Waals surface area (Å²) >= 11 is 0. The van der Waals surface area contributed by atoms with Gasteiger partial charge in [0.1, 0.15) is 0 Å². The summed E-state index contributed by atoms with van der Waals surface area (Å²) in [5.41, 5.74) is 0.477. The number of para-hydroxylation sites is 2. The molecule has 0 atom stereocenters. The van der Waals surface area contributed by atoms with Crippen LogP contribution in [0.2, 0.25) is 0 Å². The van der Waals surface area contributed by atoms with Gasteiger partial charge >= 0.3 is 0 Å². The maximum absolute atomic E-state index is 5.92. The molecule has 1 aliphatic rings. The summed E-state index contributed by atoms with van der Waals surface area (Å²) in [6, 6.07) is 8.48. The van der Waals surface area contributed by atoms with Crippen LogP contribution < -0.4 is 14.8 Å². The number of ether oxygens (including phenoxy) is 2.